The SMILES string of the molecule is C=C(C=O)[C@@H]1CC[C@]2(C)[C@H]3CC[C@@H]4[C@@]5(C)CC[C@H](O)C(C)(C)[C@H]5CC[C@@]4(C)[C@]3(C)CC[C@@H]12. The molecule has 0 spiro atoms. The highest BCUT2D eigenvalue weighted by atomic mass is 16.3. The summed E-state index contributed by atoms with van der Waals surface area (Å²) in [6.07, 6.45) is 13.4. The summed E-state index contributed by atoms with van der Waals surface area (Å²) < 4.78 is 0. The Morgan fingerprint density at radius 3 is 1.94 bits per heavy atom. The van der Waals surface area contributed by atoms with E-state index >= 15 is 0 Å². The van der Waals surface area contributed by atoms with Gasteiger partial charge < -0.3 is 5.11 Å². The zero-order valence-electron chi connectivity index (χ0n) is 21.7. The highest BCUT2D eigenvalue weighted by Gasteiger charge is 2.70. The van der Waals surface area contributed by atoms with Gasteiger partial charge in [-0.05, 0) is 126 Å². The largest absolute Gasteiger partial charge is 0.393 e. The third kappa shape index (κ3) is 2.60. The van der Waals surface area contributed by atoms with E-state index in [9.17, 15) is 9.90 Å². The second kappa shape index (κ2) is 6.96. The first-order valence-electron chi connectivity index (χ1n) is 13.7. The van der Waals surface area contributed by atoms with Crippen molar-refractivity contribution in [1.29, 1.82) is 0 Å². The molecule has 10 atom stereocenters. The summed E-state index contributed by atoms with van der Waals surface area (Å²) in [5.41, 5.74) is 2.37. The van der Waals surface area contributed by atoms with Gasteiger partial charge in [-0.15, -0.1) is 0 Å². The lowest BCUT2D eigenvalue weighted by molar-refractivity contribution is -0.251. The molecule has 2 heteroatoms. The molecule has 0 aliphatic heterocycles. The molecule has 5 aliphatic rings. The van der Waals surface area contributed by atoms with Gasteiger partial charge in [-0.3, -0.25) is 4.79 Å². The molecular weight excluding hydrogens is 392 g/mol. The molecule has 0 radical (unpaired) electrons. The molecule has 0 saturated heterocycles. The van der Waals surface area contributed by atoms with Gasteiger partial charge in [0.15, 0.2) is 0 Å². The molecular formula is C30H48O2. The van der Waals surface area contributed by atoms with Gasteiger partial charge in [-0.1, -0.05) is 48.1 Å². The second-order valence-corrected chi connectivity index (χ2v) is 14.5. The third-order valence-corrected chi connectivity index (χ3v) is 13.6. The van der Waals surface area contributed by atoms with Gasteiger partial charge in [0.05, 0.1) is 6.10 Å². The van der Waals surface area contributed by atoms with Crippen molar-refractivity contribution in [1.82, 2.24) is 0 Å². The zero-order chi connectivity index (χ0) is 23.3. The molecule has 5 saturated carbocycles. The molecule has 32 heavy (non-hydrogen) atoms. The number of fused-ring (bicyclic) bond motifs is 7. The van der Waals surface area contributed by atoms with Crippen molar-refractivity contribution in [3.05, 3.63) is 12.2 Å². The summed E-state index contributed by atoms with van der Waals surface area (Å²) in [5.74, 6) is 3.23. The van der Waals surface area contributed by atoms with Crippen LogP contribution in [0.15, 0.2) is 12.2 Å². The van der Waals surface area contributed by atoms with E-state index < -0.39 is 0 Å². The van der Waals surface area contributed by atoms with Crippen LogP contribution >= 0.6 is 0 Å². The van der Waals surface area contributed by atoms with Gasteiger partial charge in [0, 0.05) is 0 Å². The topological polar surface area (TPSA) is 37.3 Å². The van der Waals surface area contributed by atoms with Crippen molar-refractivity contribution < 1.29 is 9.90 Å². The molecule has 5 fully saturated rings. The maximum atomic E-state index is 11.6. The van der Waals surface area contributed by atoms with Crippen molar-refractivity contribution >= 4 is 6.29 Å². The van der Waals surface area contributed by atoms with E-state index in [1.165, 1.54) is 51.4 Å². The number of carbonyl (C=O) groups excluding carboxylic acids is 1. The lowest BCUT2D eigenvalue weighted by atomic mass is 9.32. The van der Waals surface area contributed by atoms with E-state index in [1.54, 1.807) is 0 Å². The Balaban J connectivity index is 1.51. The van der Waals surface area contributed by atoms with Crippen LogP contribution in [0.5, 0.6) is 0 Å². The number of hydrogen-bond donors (Lipinski definition) is 1. The number of aliphatic hydroxyl groups excluding tert-OH is 1. The molecule has 5 aliphatic carbocycles. The minimum Gasteiger partial charge on any atom is -0.393 e. The number of hydrogen-bond acceptors (Lipinski definition) is 2. The molecule has 0 aromatic carbocycles. The van der Waals surface area contributed by atoms with E-state index in [4.69, 9.17) is 0 Å². The van der Waals surface area contributed by atoms with Gasteiger partial charge in [0.25, 0.3) is 0 Å². The van der Waals surface area contributed by atoms with Crippen molar-refractivity contribution in [3.63, 3.8) is 0 Å². The molecule has 180 valence electrons. The normalized spacial score (nSPS) is 56.3. The first-order valence-corrected chi connectivity index (χ1v) is 13.7. The van der Waals surface area contributed by atoms with E-state index in [2.05, 4.69) is 48.1 Å². The van der Waals surface area contributed by atoms with Gasteiger partial charge in [0.1, 0.15) is 6.29 Å². The number of rotatable bonds is 2. The Bertz CT molecular complexity index is 814. The van der Waals surface area contributed by atoms with E-state index in [0.29, 0.717) is 39.4 Å². The minimum atomic E-state index is -0.146. The van der Waals surface area contributed by atoms with Gasteiger partial charge >= 0.3 is 0 Å². The molecule has 0 aromatic heterocycles. The lowest BCUT2D eigenvalue weighted by Gasteiger charge is -2.73. The Morgan fingerprint density at radius 1 is 0.750 bits per heavy atom. The van der Waals surface area contributed by atoms with Gasteiger partial charge in [-0.2, -0.15) is 0 Å². The molecule has 0 aromatic rings. The standard InChI is InChI=1S/C30H48O2/c1-19(18-31)20-10-14-27(4)21(20)11-16-29(6)23(27)8-9-24-28(5)15-13-25(32)26(2,3)22(28)12-17-30(24,29)7/h18,20-25,32H,1,8-17H2,2-7H3/t20-,21-,22+,23+,24+,25-,27-,28-,29+,30+/m0/s1. The third-order valence-electron chi connectivity index (χ3n) is 13.6. The van der Waals surface area contributed by atoms with Crippen molar-refractivity contribution in [2.45, 2.75) is 112 Å². The number of aliphatic hydroxyl groups is 1. The van der Waals surface area contributed by atoms with Crippen LogP contribution in [-0.4, -0.2) is 17.5 Å². The van der Waals surface area contributed by atoms with E-state index in [1.807, 2.05) is 0 Å². The maximum Gasteiger partial charge on any atom is 0.145 e. The van der Waals surface area contributed by atoms with Crippen LogP contribution in [0.25, 0.3) is 0 Å². The van der Waals surface area contributed by atoms with E-state index in [-0.39, 0.29) is 11.5 Å². The first kappa shape index (κ1) is 23.1. The molecule has 1 N–H and O–H groups in total. The van der Waals surface area contributed by atoms with Crippen LogP contribution < -0.4 is 0 Å². The summed E-state index contributed by atoms with van der Waals surface area (Å²) in [7, 11) is 0. The highest BCUT2D eigenvalue weighted by molar-refractivity contribution is 5.73. The van der Waals surface area contributed by atoms with Crippen molar-refractivity contribution in [2.75, 3.05) is 0 Å². The average Bonchev–Trinajstić information content (AvgIpc) is 3.08. The van der Waals surface area contributed by atoms with Crippen LogP contribution in [0, 0.1) is 56.7 Å². The lowest BCUT2D eigenvalue weighted by Crippen LogP contribution is -2.66. The van der Waals surface area contributed by atoms with Crippen molar-refractivity contribution in [3.8, 4) is 0 Å². The second-order valence-electron chi connectivity index (χ2n) is 14.5. The first-order chi connectivity index (χ1) is 14.9. The number of aldehydes is 1. The predicted octanol–water partition coefficient (Wildman–Crippen LogP) is 7.20. The summed E-state index contributed by atoms with van der Waals surface area (Å²) in [4.78, 5) is 11.6. The van der Waals surface area contributed by atoms with Crippen LogP contribution in [-0.2, 0) is 4.79 Å². The van der Waals surface area contributed by atoms with E-state index in [0.717, 1.165) is 36.5 Å². The highest BCUT2D eigenvalue weighted by Crippen LogP contribution is 2.77. The Hall–Kier alpha value is -0.630. The Labute approximate surface area is 197 Å². The number of carbonyl (C=O) groups is 1. The summed E-state index contributed by atoms with van der Waals surface area (Å²) in [6.45, 7) is 19.4. The summed E-state index contributed by atoms with van der Waals surface area (Å²) in [5, 5.41) is 10.9. The zero-order valence-corrected chi connectivity index (χ0v) is 21.7. The molecule has 5 rings (SSSR count). The van der Waals surface area contributed by atoms with Gasteiger partial charge in [-0.25, -0.2) is 0 Å². The quantitative estimate of drug-likeness (QED) is 0.364. The van der Waals surface area contributed by atoms with Crippen LogP contribution in [0.4, 0.5) is 0 Å². The fourth-order valence-electron chi connectivity index (χ4n) is 11.7. The predicted molar refractivity (Wildman–Crippen MR) is 131 cm³/mol. The summed E-state index contributed by atoms with van der Waals surface area (Å²) >= 11 is 0. The van der Waals surface area contributed by atoms with Crippen LogP contribution in [0.1, 0.15) is 106 Å². The fourth-order valence-corrected chi connectivity index (χ4v) is 11.7. The maximum absolute atomic E-state index is 11.6. The average molecular weight is 441 g/mol. The van der Waals surface area contributed by atoms with Crippen LogP contribution in [0.3, 0.4) is 0 Å². The molecule has 0 amide bonds. The molecule has 2 nitrogen and oxygen atoms in total. The summed E-state index contributed by atoms with van der Waals surface area (Å²) in [6, 6.07) is 0. The van der Waals surface area contributed by atoms with Crippen molar-refractivity contribution in [2.24, 2.45) is 56.7 Å². The Kier molecular flexibility index (Phi) is 5.03. The molecule has 0 unspecified atom stereocenters. The van der Waals surface area contributed by atoms with Crippen LogP contribution in [0.2, 0.25) is 0 Å². The Morgan fingerprint density at radius 2 is 1.31 bits per heavy atom. The minimum absolute atomic E-state index is 0.0313. The number of allylic oxidation sites excluding steroid dienone is 1. The fraction of sp³-hybridized carbons (Fsp3) is 0.900. The van der Waals surface area contributed by atoms with Gasteiger partial charge in [0.2, 0.25) is 0 Å². The smallest absolute Gasteiger partial charge is 0.145 e. The monoisotopic (exact) mass is 440 g/mol. The molecule has 0 bridgehead atoms. The molecule has 0 heterocycles.